The van der Waals surface area contributed by atoms with Crippen LogP contribution in [0.4, 0.5) is 10.8 Å². The lowest BCUT2D eigenvalue weighted by Gasteiger charge is -2.34. The maximum absolute atomic E-state index is 12.3. The van der Waals surface area contributed by atoms with Gasteiger partial charge in [-0.25, -0.2) is 4.98 Å². The number of carbonyl (C=O) groups excluding carboxylic acids is 1. The Bertz CT molecular complexity index is 672. The van der Waals surface area contributed by atoms with Gasteiger partial charge in [0.05, 0.1) is 23.6 Å². The largest absolute Gasteiger partial charge is 0.346 e. The molecule has 3 heterocycles. The first-order chi connectivity index (χ1) is 11.0. The Morgan fingerprint density at radius 2 is 2.04 bits per heavy atom. The average molecular weight is 334 g/mol. The second-order valence-corrected chi connectivity index (χ2v) is 6.67. The Balaban J connectivity index is 1.51. The number of nitrogens with zero attached hydrogens (tertiary/aromatic N) is 5. The molecule has 124 valence electrons. The van der Waals surface area contributed by atoms with Gasteiger partial charge >= 0.3 is 0 Å². The van der Waals surface area contributed by atoms with E-state index in [1.54, 1.807) is 16.0 Å². The van der Waals surface area contributed by atoms with Crippen molar-refractivity contribution < 1.29 is 4.79 Å². The summed E-state index contributed by atoms with van der Waals surface area (Å²) in [6, 6.07) is 0. The molecule has 0 aromatic carbocycles. The molecule has 0 bridgehead atoms. The predicted molar refractivity (Wildman–Crippen MR) is 92.1 cm³/mol. The maximum atomic E-state index is 12.3. The number of hydrogen-bond donors (Lipinski definition) is 1. The molecule has 0 saturated carbocycles. The van der Waals surface area contributed by atoms with Gasteiger partial charge in [0.25, 0.3) is 0 Å². The predicted octanol–water partition coefficient (Wildman–Crippen LogP) is 1.25. The highest BCUT2D eigenvalue weighted by atomic mass is 32.1. The number of amides is 1. The molecule has 3 rings (SSSR count). The summed E-state index contributed by atoms with van der Waals surface area (Å²) in [4.78, 5) is 21.1. The van der Waals surface area contributed by atoms with Crippen molar-refractivity contribution in [3.63, 3.8) is 0 Å². The summed E-state index contributed by atoms with van der Waals surface area (Å²) in [6.45, 7) is 7.85. The molecule has 7 nitrogen and oxygen atoms in total. The van der Waals surface area contributed by atoms with Crippen LogP contribution < -0.4 is 10.2 Å². The van der Waals surface area contributed by atoms with Crippen LogP contribution in [-0.4, -0.2) is 58.3 Å². The molecule has 1 fully saturated rings. The van der Waals surface area contributed by atoms with Gasteiger partial charge in [-0.05, 0) is 13.8 Å². The van der Waals surface area contributed by atoms with Crippen LogP contribution in [0.1, 0.15) is 11.4 Å². The van der Waals surface area contributed by atoms with Gasteiger partial charge in [-0.3, -0.25) is 14.4 Å². The standard InChI is InChI=1S/C15H22N6OS/c1-11-14(12(2)19(3)18-11)17-13(22)10-20-5-7-21(8-6-20)15-16-4-9-23-15/h4,9H,5-8,10H2,1-3H3,(H,17,22). The van der Waals surface area contributed by atoms with Gasteiger partial charge in [-0.15, -0.1) is 11.3 Å². The van der Waals surface area contributed by atoms with Crippen LogP contribution in [0, 0.1) is 13.8 Å². The number of piperazine rings is 1. The number of nitrogens with one attached hydrogen (secondary N) is 1. The second-order valence-electron chi connectivity index (χ2n) is 5.80. The van der Waals surface area contributed by atoms with Crippen LogP contribution in [0.25, 0.3) is 0 Å². The highest BCUT2D eigenvalue weighted by Gasteiger charge is 2.21. The Morgan fingerprint density at radius 1 is 1.30 bits per heavy atom. The van der Waals surface area contributed by atoms with Crippen LogP contribution in [0.15, 0.2) is 11.6 Å². The van der Waals surface area contributed by atoms with E-state index >= 15 is 0 Å². The number of aromatic nitrogens is 3. The molecule has 1 amide bonds. The van der Waals surface area contributed by atoms with Crippen LogP contribution >= 0.6 is 11.3 Å². The van der Waals surface area contributed by atoms with Gasteiger partial charge in [-0.1, -0.05) is 0 Å². The second kappa shape index (κ2) is 6.67. The molecule has 23 heavy (non-hydrogen) atoms. The number of hydrogen-bond acceptors (Lipinski definition) is 6. The van der Waals surface area contributed by atoms with Gasteiger partial charge in [0.1, 0.15) is 0 Å². The zero-order valence-electron chi connectivity index (χ0n) is 13.7. The zero-order valence-corrected chi connectivity index (χ0v) is 14.6. The first-order valence-corrected chi connectivity index (χ1v) is 8.59. The molecule has 1 saturated heterocycles. The topological polar surface area (TPSA) is 66.3 Å². The van der Waals surface area contributed by atoms with Crippen molar-refractivity contribution in [2.45, 2.75) is 13.8 Å². The molecule has 0 unspecified atom stereocenters. The first kappa shape index (κ1) is 15.9. The van der Waals surface area contributed by atoms with Crippen LogP contribution in [0.3, 0.4) is 0 Å². The molecule has 0 aliphatic carbocycles. The number of aryl methyl sites for hydroxylation is 2. The van der Waals surface area contributed by atoms with E-state index in [1.807, 2.05) is 32.5 Å². The van der Waals surface area contributed by atoms with E-state index in [0.29, 0.717) is 6.54 Å². The number of thiazole rings is 1. The van der Waals surface area contributed by atoms with Crippen LogP contribution in [-0.2, 0) is 11.8 Å². The third-order valence-corrected chi connectivity index (χ3v) is 5.03. The number of rotatable bonds is 4. The van der Waals surface area contributed by atoms with E-state index in [4.69, 9.17) is 0 Å². The monoisotopic (exact) mass is 334 g/mol. The van der Waals surface area contributed by atoms with E-state index < -0.39 is 0 Å². The van der Waals surface area contributed by atoms with E-state index in [1.165, 1.54) is 0 Å². The normalized spacial score (nSPS) is 15.9. The highest BCUT2D eigenvalue weighted by molar-refractivity contribution is 7.13. The van der Waals surface area contributed by atoms with Crippen LogP contribution in [0.2, 0.25) is 0 Å². The lowest BCUT2D eigenvalue weighted by atomic mass is 10.3. The molecular formula is C15H22N6OS. The third-order valence-electron chi connectivity index (χ3n) is 4.20. The lowest BCUT2D eigenvalue weighted by molar-refractivity contribution is -0.117. The number of anilines is 2. The zero-order chi connectivity index (χ0) is 16.4. The van der Waals surface area contributed by atoms with Crippen molar-refractivity contribution >= 4 is 28.1 Å². The van der Waals surface area contributed by atoms with Crippen molar-refractivity contribution in [3.8, 4) is 0 Å². The summed E-state index contributed by atoms with van der Waals surface area (Å²) in [5.74, 6) is 0.0203. The van der Waals surface area contributed by atoms with Gasteiger partial charge in [-0.2, -0.15) is 5.10 Å². The maximum Gasteiger partial charge on any atom is 0.238 e. The van der Waals surface area contributed by atoms with Crippen molar-refractivity contribution in [2.75, 3.05) is 42.9 Å². The fourth-order valence-corrected chi connectivity index (χ4v) is 3.50. The fraction of sp³-hybridized carbons (Fsp3) is 0.533. The Labute approximate surface area is 139 Å². The molecule has 2 aromatic rings. The quantitative estimate of drug-likeness (QED) is 0.912. The summed E-state index contributed by atoms with van der Waals surface area (Å²) < 4.78 is 1.79. The molecule has 0 atom stereocenters. The molecule has 1 aliphatic heterocycles. The summed E-state index contributed by atoms with van der Waals surface area (Å²) >= 11 is 1.66. The Morgan fingerprint density at radius 3 is 2.61 bits per heavy atom. The van der Waals surface area contributed by atoms with Gasteiger partial charge in [0.2, 0.25) is 5.91 Å². The Hall–Kier alpha value is -1.93. The molecule has 0 radical (unpaired) electrons. The summed E-state index contributed by atoms with van der Waals surface area (Å²) in [5, 5.41) is 10.4. The summed E-state index contributed by atoms with van der Waals surface area (Å²) in [7, 11) is 1.88. The number of carbonyl (C=O) groups is 1. The van der Waals surface area contributed by atoms with Gasteiger partial charge < -0.3 is 10.2 Å². The van der Waals surface area contributed by atoms with E-state index in [0.717, 1.165) is 48.4 Å². The van der Waals surface area contributed by atoms with Crippen molar-refractivity contribution in [2.24, 2.45) is 7.05 Å². The van der Waals surface area contributed by atoms with E-state index in [-0.39, 0.29) is 5.91 Å². The smallest absolute Gasteiger partial charge is 0.238 e. The first-order valence-electron chi connectivity index (χ1n) is 7.71. The molecule has 2 aromatic heterocycles. The van der Waals surface area contributed by atoms with Crippen LogP contribution in [0.5, 0.6) is 0 Å². The van der Waals surface area contributed by atoms with Crippen molar-refractivity contribution in [1.82, 2.24) is 19.7 Å². The summed E-state index contributed by atoms with van der Waals surface area (Å²) in [5.41, 5.74) is 2.66. The molecule has 0 spiro atoms. The molecule has 8 heteroatoms. The molecule has 1 aliphatic rings. The average Bonchev–Trinajstić information content (AvgIpc) is 3.13. The van der Waals surface area contributed by atoms with E-state index in [2.05, 4.69) is 25.2 Å². The van der Waals surface area contributed by atoms with Gasteiger partial charge in [0.15, 0.2) is 5.13 Å². The minimum atomic E-state index is 0.0203. The minimum Gasteiger partial charge on any atom is -0.346 e. The van der Waals surface area contributed by atoms with Crippen molar-refractivity contribution in [3.05, 3.63) is 23.0 Å². The van der Waals surface area contributed by atoms with E-state index in [9.17, 15) is 4.79 Å². The fourth-order valence-electron chi connectivity index (χ4n) is 2.81. The lowest BCUT2D eigenvalue weighted by Crippen LogP contribution is -2.48. The highest BCUT2D eigenvalue weighted by Crippen LogP contribution is 2.20. The minimum absolute atomic E-state index is 0.0203. The molecular weight excluding hydrogens is 312 g/mol. The van der Waals surface area contributed by atoms with Crippen molar-refractivity contribution in [1.29, 1.82) is 0 Å². The summed E-state index contributed by atoms with van der Waals surface area (Å²) in [6.07, 6.45) is 1.83. The SMILES string of the molecule is Cc1nn(C)c(C)c1NC(=O)CN1CCN(c2nccs2)CC1. The molecule has 1 N–H and O–H groups in total. The third kappa shape index (κ3) is 3.53. The van der Waals surface area contributed by atoms with Gasteiger partial charge in [0, 0.05) is 44.8 Å². The Kier molecular flexibility index (Phi) is 4.63.